The van der Waals surface area contributed by atoms with E-state index in [1.54, 1.807) is 6.92 Å². The molecule has 1 rings (SSSR count). The first-order valence-electron chi connectivity index (χ1n) is 4.80. The number of hydrogen-bond acceptors (Lipinski definition) is 3. The van der Waals surface area contributed by atoms with E-state index in [-0.39, 0.29) is 6.10 Å². The highest BCUT2D eigenvalue weighted by Crippen LogP contribution is 2.11. The zero-order valence-electron chi connectivity index (χ0n) is 8.44. The van der Waals surface area contributed by atoms with E-state index < -0.39 is 0 Å². The molecule has 1 unspecified atom stereocenters. The molecule has 0 aliphatic heterocycles. The van der Waals surface area contributed by atoms with Crippen molar-refractivity contribution in [3.63, 3.8) is 0 Å². The summed E-state index contributed by atoms with van der Waals surface area (Å²) in [6.07, 6.45) is 1.16. The molecule has 0 bridgehead atoms. The summed E-state index contributed by atoms with van der Waals surface area (Å²) in [5.74, 6) is 4.98. The highest BCUT2D eigenvalue weighted by Gasteiger charge is 2.04. The molecule has 0 radical (unpaired) electrons. The van der Waals surface area contributed by atoms with Crippen molar-refractivity contribution in [1.82, 2.24) is 0 Å². The average molecular weight is 195 g/mol. The lowest BCUT2D eigenvalue weighted by molar-refractivity contribution is 0.141. The van der Waals surface area contributed by atoms with Crippen molar-refractivity contribution in [2.75, 3.05) is 6.61 Å². The summed E-state index contributed by atoms with van der Waals surface area (Å²) in [5, 5.41) is 9.30. The van der Waals surface area contributed by atoms with Crippen LogP contribution >= 0.6 is 0 Å². The third-order valence-corrected chi connectivity index (χ3v) is 2.12. The molecular formula is C11H17NO2. The highest BCUT2D eigenvalue weighted by atomic mass is 16.6. The Labute approximate surface area is 84.5 Å². The van der Waals surface area contributed by atoms with Gasteiger partial charge in [-0.2, -0.15) is 0 Å². The lowest BCUT2D eigenvalue weighted by Crippen LogP contribution is -2.09. The van der Waals surface area contributed by atoms with Crippen LogP contribution in [0.15, 0.2) is 24.3 Å². The third kappa shape index (κ3) is 3.46. The Kier molecular flexibility index (Phi) is 4.59. The molecule has 0 heterocycles. The maximum atomic E-state index is 9.30. The molecule has 1 atom stereocenters. The van der Waals surface area contributed by atoms with Crippen LogP contribution in [-0.2, 0) is 17.7 Å². The Morgan fingerprint density at radius 2 is 2.00 bits per heavy atom. The summed E-state index contributed by atoms with van der Waals surface area (Å²) in [6.45, 7) is 2.30. The van der Waals surface area contributed by atoms with Gasteiger partial charge in [-0.1, -0.05) is 24.3 Å². The summed E-state index contributed by atoms with van der Waals surface area (Å²) >= 11 is 0. The summed E-state index contributed by atoms with van der Waals surface area (Å²) < 4.78 is 0. The maximum absolute atomic E-state index is 9.30. The standard InChI is InChI=1S/C11H17NO2/c1-9(13)8-11-5-3-2-4-10(11)6-7-14-12/h2-5,9,13H,6-8,12H2,1H3. The minimum atomic E-state index is -0.310. The Balaban J connectivity index is 2.69. The average Bonchev–Trinajstić information content (AvgIpc) is 2.16. The Hall–Kier alpha value is -0.900. The van der Waals surface area contributed by atoms with Gasteiger partial charge in [0.15, 0.2) is 0 Å². The van der Waals surface area contributed by atoms with Crippen LogP contribution in [0.25, 0.3) is 0 Å². The molecule has 14 heavy (non-hydrogen) atoms. The smallest absolute Gasteiger partial charge is 0.0719 e. The molecule has 0 fully saturated rings. The fraction of sp³-hybridized carbons (Fsp3) is 0.455. The van der Waals surface area contributed by atoms with Crippen molar-refractivity contribution < 1.29 is 9.94 Å². The van der Waals surface area contributed by atoms with Crippen molar-refractivity contribution >= 4 is 0 Å². The van der Waals surface area contributed by atoms with Crippen molar-refractivity contribution in [3.8, 4) is 0 Å². The van der Waals surface area contributed by atoms with E-state index in [9.17, 15) is 5.11 Å². The summed E-state index contributed by atoms with van der Waals surface area (Å²) in [4.78, 5) is 4.54. The minimum Gasteiger partial charge on any atom is -0.393 e. The summed E-state index contributed by atoms with van der Waals surface area (Å²) in [6, 6.07) is 8.03. The van der Waals surface area contributed by atoms with E-state index in [2.05, 4.69) is 4.84 Å². The molecule has 3 heteroatoms. The van der Waals surface area contributed by atoms with Crippen molar-refractivity contribution in [3.05, 3.63) is 35.4 Å². The fourth-order valence-electron chi connectivity index (χ4n) is 1.49. The van der Waals surface area contributed by atoms with Crippen LogP contribution in [0.4, 0.5) is 0 Å². The summed E-state index contributed by atoms with van der Waals surface area (Å²) in [7, 11) is 0. The first-order valence-corrected chi connectivity index (χ1v) is 4.80. The maximum Gasteiger partial charge on any atom is 0.0719 e. The van der Waals surface area contributed by atoms with Gasteiger partial charge in [-0.25, -0.2) is 5.90 Å². The molecule has 3 N–H and O–H groups in total. The Morgan fingerprint density at radius 3 is 2.57 bits per heavy atom. The molecule has 0 saturated heterocycles. The van der Waals surface area contributed by atoms with Gasteiger partial charge in [0.1, 0.15) is 0 Å². The number of hydrogen-bond donors (Lipinski definition) is 2. The van der Waals surface area contributed by atoms with Gasteiger partial charge in [-0.3, -0.25) is 0 Å². The molecule has 3 nitrogen and oxygen atoms in total. The van der Waals surface area contributed by atoms with Gasteiger partial charge in [0.05, 0.1) is 12.7 Å². The lowest BCUT2D eigenvalue weighted by atomic mass is 10.0. The number of rotatable bonds is 5. The van der Waals surface area contributed by atoms with Crippen LogP contribution in [0, 0.1) is 0 Å². The van der Waals surface area contributed by atoms with Gasteiger partial charge >= 0.3 is 0 Å². The van der Waals surface area contributed by atoms with Gasteiger partial charge < -0.3 is 9.94 Å². The van der Waals surface area contributed by atoms with Crippen LogP contribution in [0.2, 0.25) is 0 Å². The van der Waals surface area contributed by atoms with E-state index in [0.717, 1.165) is 6.42 Å². The summed E-state index contributed by atoms with van der Waals surface area (Å²) in [5.41, 5.74) is 2.36. The Bertz CT molecular complexity index is 274. The quantitative estimate of drug-likeness (QED) is 0.690. The third-order valence-electron chi connectivity index (χ3n) is 2.12. The van der Waals surface area contributed by atoms with Gasteiger partial charge in [0.25, 0.3) is 0 Å². The minimum absolute atomic E-state index is 0.310. The lowest BCUT2D eigenvalue weighted by Gasteiger charge is -2.10. The fourth-order valence-corrected chi connectivity index (χ4v) is 1.49. The number of benzene rings is 1. The van der Waals surface area contributed by atoms with Crippen molar-refractivity contribution in [1.29, 1.82) is 0 Å². The zero-order chi connectivity index (χ0) is 10.4. The predicted octanol–water partition coefficient (Wildman–Crippen LogP) is 1.04. The molecule has 0 aliphatic rings. The monoisotopic (exact) mass is 195 g/mol. The highest BCUT2D eigenvalue weighted by molar-refractivity contribution is 5.27. The Morgan fingerprint density at radius 1 is 1.36 bits per heavy atom. The molecular weight excluding hydrogens is 178 g/mol. The van der Waals surface area contributed by atoms with Crippen LogP contribution in [0.5, 0.6) is 0 Å². The number of aliphatic hydroxyl groups excluding tert-OH is 1. The zero-order valence-corrected chi connectivity index (χ0v) is 8.44. The van der Waals surface area contributed by atoms with E-state index >= 15 is 0 Å². The largest absolute Gasteiger partial charge is 0.393 e. The predicted molar refractivity (Wildman–Crippen MR) is 55.7 cm³/mol. The second-order valence-electron chi connectivity index (χ2n) is 3.44. The van der Waals surface area contributed by atoms with Gasteiger partial charge in [0.2, 0.25) is 0 Å². The van der Waals surface area contributed by atoms with E-state index in [0.29, 0.717) is 13.0 Å². The van der Waals surface area contributed by atoms with Gasteiger partial charge in [-0.15, -0.1) is 0 Å². The SMILES string of the molecule is CC(O)Cc1ccccc1CCON. The van der Waals surface area contributed by atoms with Gasteiger partial charge in [-0.05, 0) is 30.9 Å². The second-order valence-corrected chi connectivity index (χ2v) is 3.44. The van der Waals surface area contributed by atoms with Crippen molar-refractivity contribution in [2.45, 2.75) is 25.9 Å². The second kappa shape index (κ2) is 5.75. The van der Waals surface area contributed by atoms with E-state index in [1.807, 2.05) is 24.3 Å². The normalized spacial score (nSPS) is 12.8. The van der Waals surface area contributed by atoms with Crippen molar-refractivity contribution in [2.24, 2.45) is 5.90 Å². The number of nitrogens with two attached hydrogens (primary N) is 1. The molecule has 78 valence electrons. The molecule has 0 aliphatic carbocycles. The molecule has 1 aromatic rings. The molecule has 0 spiro atoms. The first kappa shape index (κ1) is 11.2. The van der Waals surface area contributed by atoms with Crippen LogP contribution < -0.4 is 5.90 Å². The molecule has 0 amide bonds. The van der Waals surface area contributed by atoms with Crippen LogP contribution in [0.1, 0.15) is 18.1 Å². The molecule has 0 saturated carbocycles. The van der Waals surface area contributed by atoms with E-state index in [4.69, 9.17) is 5.90 Å². The topological polar surface area (TPSA) is 55.5 Å². The molecule has 0 aromatic heterocycles. The van der Waals surface area contributed by atoms with Crippen LogP contribution in [-0.4, -0.2) is 17.8 Å². The molecule has 1 aromatic carbocycles. The number of aliphatic hydroxyl groups is 1. The first-order chi connectivity index (χ1) is 6.74. The van der Waals surface area contributed by atoms with E-state index in [1.165, 1.54) is 11.1 Å². The van der Waals surface area contributed by atoms with Gasteiger partial charge in [0, 0.05) is 0 Å². The van der Waals surface area contributed by atoms with Crippen LogP contribution in [0.3, 0.4) is 0 Å².